The minimum absolute atomic E-state index is 0.0884. The Bertz CT molecular complexity index is 455. The Kier molecular flexibility index (Phi) is 2.81. The summed E-state index contributed by atoms with van der Waals surface area (Å²) in [5.41, 5.74) is 0. The molecule has 18 heavy (non-hydrogen) atoms. The monoisotopic (exact) mass is 252 g/mol. The highest BCUT2D eigenvalue weighted by molar-refractivity contribution is 5.74. The number of hydrogen-bond donors (Lipinski definition) is 1. The molecule has 0 aliphatic heterocycles. The molecule has 1 aromatic rings. The van der Waals surface area contributed by atoms with Gasteiger partial charge in [0.15, 0.2) is 0 Å². The molecule has 6 heteroatoms. The summed E-state index contributed by atoms with van der Waals surface area (Å²) in [6.07, 6.45) is 2.78. The molecular formula is C12H16N2O4. The van der Waals surface area contributed by atoms with E-state index in [9.17, 15) is 4.79 Å². The number of aromatic nitrogens is 2. The van der Waals surface area contributed by atoms with Crippen molar-refractivity contribution in [3.63, 3.8) is 0 Å². The van der Waals surface area contributed by atoms with Crippen LogP contribution < -0.4 is 0 Å². The van der Waals surface area contributed by atoms with Gasteiger partial charge < -0.3 is 14.4 Å². The maximum atomic E-state index is 10.8. The third-order valence-corrected chi connectivity index (χ3v) is 3.53. The molecule has 1 aromatic heterocycles. The summed E-state index contributed by atoms with van der Waals surface area (Å²) < 4.78 is 10.8. The van der Waals surface area contributed by atoms with E-state index in [-0.39, 0.29) is 17.9 Å². The lowest BCUT2D eigenvalue weighted by Crippen LogP contribution is -2.08. The molecule has 0 bridgehead atoms. The second kappa shape index (κ2) is 4.35. The van der Waals surface area contributed by atoms with Crippen LogP contribution in [0.4, 0.5) is 0 Å². The first-order valence-electron chi connectivity index (χ1n) is 6.38. The number of rotatable bonds is 6. The minimum Gasteiger partial charge on any atom is -0.481 e. The molecule has 0 radical (unpaired) electrons. The van der Waals surface area contributed by atoms with Crippen molar-refractivity contribution in [1.29, 1.82) is 0 Å². The van der Waals surface area contributed by atoms with Crippen molar-refractivity contribution in [2.75, 3.05) is 6.61 Å². The van der Waals surface area contributed by atoms with Gasteiger partial charge >= 0.3 is 5.97 Å². The van der Waals surface area contributed by atoms with Gasteiger partial charge in [0.1, 0.15) is 6.10 Å². The van der Waals surface area contributed by atoms with Crippen LogP contribution in [0.2, 0.25) is 0 Å². The van der Waals surface area contributed by atoms with E-state index in [4.69, 9.17) is 14.4 Å². The fraction of sp³-hybridized carbons (Fsp3) is 0.750. The topological polar surface area (TPSA) is 85.5 Å². The maximum Gasteiger partial charge on any atom is 0.307 e. The molecular weight excluding hydrogens is 236 g/mol. The van der Waals surface area contributed by atoms with Gasteiger partial charge in [-0.05, 0) is 32.1 Å². The Morgan fingerprint density at radius 3 is 2.94 bits per heavy atom. The number of carboxylic acids is 1. The Morgan fingerprint density at radius 2 is 2.39 bits per heavy atom. The Morgan fingerprint density at radius 1 is 1.61 bits per heavy atom. The molecule has 2 fully saturated rings. The molecule has 3 rings (SSSR count). The molecule has 2 saturated carbocycles. The third kappa shape index (κ3) is 2.12. The summed E-state index contributed by atoms with van der Waals surface area (Å²) in [5.74, 6) is 0.260. The molecule has 0 amide bonds. The van der Waals surface area contributed by atoms with Gasteiger partial charge in [0.05, 0.1) is 11.8 Å². The molecule has 1 N–H and O–H groups in total. The fourth-order valence-corrected chi connectivity index (χ4v) is 2.25. The quantitative estimate of drug-likeness (QED) is 0.830. The molecule has 6 nitrogen and oxygen atoms in total. The van der Waals surface area contributed by atoms with E-state index in [0.29, 0.717) is 30.7 Å². The molecule has 0 aromatic carbocycles. The summed E-state index contributed by atoms with van der Waals surface area (Å²) in [6, 6.07) is 0. The van der Waals surface area contributed by atoms with Crippen LogP contribution in [-0.2, 0) is 9.53 Å². The van der Waals surface area contributed by atoms with Gasteiger partial charge in [-0.3, -0.25) is 4.79 Å². The lowest BCUT2D eigenvalue weighted by molar-refractivity contribution is -0.138. The molecule has 0 spiro atoms. The van der Waals surface area contributed by atoms with Crippen LogP contribution in [0.3, 0.4) is 0 Å². The lowest BCUT2D eigenvalue weighted by atomic mass is 10.2. The maximum absolute atomic E-state index is 10.8. The highest BCUT2D eigenvalue weighted by Gasteiger charge is 2.48. The number of aliphatic carboxylic acids is 1. The molecule has 1 heterocycles. The molecule has 3 atom stereocenters. The summed E-state index contributed by atoms with van der Waals surface area (Å²) >= 11 is 0. The second-order valence-corrected chi connectivity index (χ2v) is 4.99. The first kappa shape index (κ1) is 11.6. The highest BCUT2D eigenvalue weighted by atomic mass is 16.5. The van der Waals surface area contributed by atoms with Crippen molar-refractivity contribution in [3.8, 4) is 0 Å². The van der Waals surface area contributed by atoms with Crippen LogP contribution in [0.15, 0.2) is 4.52 Å². The Labute approximate surface area is 104 Å². The van der Waals surface area contributed by atoms with Gasteiger partial charge in [-0.25, -0.2) is 0 Å². The van der Waals surface area contributed by atoms with Crippen molar-refractivity contribution in [1.82, 2.24) is 10.1 Å². The zero-order valence-electron chi connectivity index (χ0n) is 10.2. The van der Waals surface area contributed by atoms with E-state index in [1.54, 1.807) is 0 Å². The summed E-state index contributed by atoms with van der Waals surface area (Å²) in [4.78, 5) is 15.1. The van der Waals surface area contributed by atoms with E-state index in [0.717, 1.165) is 12.8 Å². The Hall–Kier alpha value is -1.43. The smallest absolute Gasteiger partial charge is 0.307 e. The van der Waals surface area contributed by atoms with Crippen molar-refractivity contribution < 1.29 is 19.2 Å². The van der Waals surface area contributed by atoms with Gasteiger partial charge in [-0.2, -0.15) is 4.98 Å². The summed E-state index contributed by atoms with van der Waals surface area (Å²) in [5, 5.41) is 12.8. The first-order chi connectivity index (χ1) is 8.70. The van der Waals surface area contributed by atoms with Gasteiger partial charge in [0.25, 0.3) is 0 Å². The van der Waals surface area contributed by atoms with Crippen LogP contribution >= 0.6 is 0 Å². The standard InChI is InChI=1S/C12H16N2O4/c1-2-17-9(6-3-4-6)10-13-11(18-14-10)7-5-8(7)12(15)16/h6-9H,2-5H2,1H3,(H,15,16). The first-order valence-corrected chi connectivity index (χ1v) is 6.38. The molecule has 3 unspecified atom stereocenters. The summed E-state index contributed by atoms with van der Waals surface area (Å²) in [7, 11) is 0. The van der Waals surface area contributed by atoms with E-state index in [2.05, 4.69) is 10.1 Å². The number of ether oxygens (including phenoxy) is 1. The molecule has 2 aliphatic carbocycles. The zero-order valence-corrected chi connectivity index (χ0v) is 10.2. The molecule has 2 aliphatic rings. The van der Waals surface area contributed by atoms with Crippen molar-refractivity contribution in [3.05, 3.63) is 11.7 Å². The predicted molar refractivity (Wildman–Crippen MR) is 59.9 cm³/mol. The average molecular weight is 252 g/mol. The third-order valence-electron chi connectivity index (χ3n) is 3.53. The average Bonchev–Trinajstić information content (AvgIpc) is 3.24. The fourth-order valence-electron chi connectivity index (χ4n) is 2.25. The predicted octanol–water partition coefficient (Wildman–Crippen LogP) is 1.75. The normalized spacial score (nSPS) is 28.1. The van der Waals surface area contributed by atoms with E-state index in [1.807, 2.05) is 6.92 Å². The van der Waals surface area contributed by atoms with Gasteiger partial charge in [0.2, 0.25) is 11.7 Å². The minimum atomic E-state index is -0.789. The van der Waals surface area contributed by atoms with Crippen LogP contribution in [0.5, 0.6) is 0 Å². The van der Waals surface area contributed by atoms with E-state index >= 15 is 0 Å². The van der Waals surface area contributed by atoms with Crippen LogP contribution in [-0.4, -0.2) is 27.8 Å². The van der Waals surface area contributed by atoms with Crippen LogP contribution in [0.1, 0.15) is 49.9 Å². The van der Waals surface area contributed by atoms with Crippen molar-refractivity contribution in [2.24, 2.45) is 11.8 Å². The SMILES string of the molecule is CCOC(c1noc(C2CC2C(=O)O)n1)C1CC1. The van der Waals surface area contributed by atoms with Gasteiger partial charge in [-0.15, -0.1) is 0 Å². The highest BCUT2D eigenvalue weighted by Crippen LogP contribution is 2.48. The Balaban J connectivity index is 1.71. The van der Waals surface area contributed by atoms with Crippen LogP contribution in [0, 0.1) is 11.8 Å². The van der Waals surface area contributed by atoms with E-state index in [1.165, 1.54) is 0 Å². The van der Waals surface area contributed by atoms with Crippen LogP contribution in [0.25, 0.3) is 0 Å². The van der Waals surface area contributed by atoms with Crippen molar-refractivity contribution in [2.45, 2.75) is 38.2 Å². The zero-order chi connectivity index (χ0) is 12.7. The molecule has 98 valence electrons. The molecule has 0 saturated heterocycles. The van der Waals surface area contributed by atoms with Gasteiger partial charge in [-0.1, -0.05) is 5.16 Å². The lowest BCUT2D eigenvalue weighted by Gasteiger charge is -2.10. The number of hydrogen-bond acceptors (Lipinski definition) is 5. The van der Waals surface area contributed by atoms with Gasteiger partial charge in [0, 0.05) is 6.61 Å². The van der Waals surface area contributed by atoms with E-state index < -0.39 is 5.97 Å². The number of carboxylic acid groups (broad SMARTS) is 1. The summed E-state index contributed by atoms with van der Waals surface area (Å²) in [6.45, 7) is 2.56. The number of carbonyl (C=O) groups is 1. The number of nitrogens with zero attached hydrogens (tertiary/aromatic N) is 2. The second-order valence-electron chi connectivity index (χ2n) is 4.99. The van der Waals surface area contributed by atoms with Crippen molar-refractivity contribution >= 4 is 5.97 Å². The largest absolute Gasteiger partial charge is 0.481 e.